The van der Waals surface area contributed by atoms with Crippen molar-refractivity contribution >= 4 is 5.97 Å². The minimum absolute atomic E-state index is 0. The molecule has 0 saturated heterocycles. The maximum Gasteiger partial charge on any atom is 1.00 e. The van der Waals surface area contributed by atoms with Gasteiger partial charge in [-0.05, 0) is 24.0 Å². The second-order valence-electron chi connectivity index (χ2n) is 3.93. The standard InChI is InChI=1S/C13H18O3.Na/c1-2-3-4-6-10-7-5-8-11(13(10)16)9-12(14)15;/h5,7-8,16H,2-4,6,9H2,1H3,(H,14,15);/q;+1/p-1. The summed E-state index contributed by atoms with van der Waals surface area (Å²) in [6.45, 7) is 2.12. The second-order valence-corrected chi connectivity index (χ2v) is 3.93. The van der Waals surface area contributed by atoms with E-state index >= 15 is 0 Å². The van der Waals surface area contributed by atoms with Crippen LogP contribution in [0.3, 0.4) is 0 Å². The number of rotatable bonds is 6. The number of carbonyl (C=O) groups is 1. The molecule has 0 aliphatic carbocycles. The molecule has 0 bridgehead atoms. The number of aromatic hydroxyl groups is 1. The van der Waals surface area contributed by atoms with E-state index in [0.717, 1.165) is 31.2 Å². The Labute approximate surface area is 124 Å². The summed E-state index contributed by atoms with van der Waals surface area (Å²) in [6.07, 6.45) is 3.82. The molecule has 0 aliphatic heterocycles. The third-order valence-electron chi connectivity index (χ3n) is 2.59. The molecule has 0 unspecified atom stereocenters. The van der Waals surface area contributed by atoms with E-state index in [1.54, 1.807) is 12.1 Å². The van der Waals surface area contributed by atoms with Crippen LogP contribution in [0.15, 0.2) is 18.2 Å². The van der Waals surface area contributed by atoms with E-state index in [9.17, 15) is 15.0 Å². The van der Waals surface area contributed by atoms with Gasteiger partial charge in [-0.25, -0.2) is 0 Å². The van der Waals surface area contributed by atoms with Crippen LogP contribution in [0.1, 0.15) is 37.3 Å². The number of unbranched alkanes of at least 4 members (excludes halogenated alkanes) is 2. The van der Waals surface area contributed by atoms with Crippen molar-refractivity contribution in [2.45, 2.75) is 39.0 Å². The summed E-state index contributed by atoms with van der Waals surface area (Å²) in [7, 11) is 0. The number of carboxylic acid groups (broad SMARTS) is 1. The fourth-order valence-corrected chi connectivity index (χ4v) is 1.71. The minimum atomic E-state index is -1.17. The van der Waals surface area contributed by atoms with E-state index < -0.39 is 5.97 Å². The van der Waals surface area contributed by atoms with Crippen molar-refractivity contribution in [1.82, 2.24) is 0 Å². The first-order chi connectivity index (χ1) is 7.65. The molecular formula is C13H17NaO3. The van der Waals surface area contributed by atoms with Crippen LogP contribution in [0.5, 0.6) is 5.75 Å². The first kappa shape index (κ1) is 16.5. The van der Waals surface area contributed by atoms with E-state index in [0.29, 0.717) is 5.56 Å². The smallest absolute Gasteiger partial charge is 0.550 e. The maximum absolute atomic E-state index is 10.5. The van der Waals surface area contributed by atoms with E-state index in [2.05, 4.69) is 6.92 Å². The van der Waals surface area contributed by atoms with Gasteiger partial charge in [0.25, 0.3) is 0 Å². The zero-order valence-corrected chi connectivity index (χ0v) is 12.5. The average Bonchev–Trinajstić information content (AvgIpc) is 2.23. The van der Waals surface area contributed by atoms with Gasteiger partial charge in [-0.1, -0.05) is 38.0 Å². The Hall–Kier alpha value is -0.510. The molecule has 88 valence electrons. The van der Waals surface area contributed by atoms with Crippen LogP contribution in [0.25, 0.3) is 0 Å². The molecule has 0 amide bonds. The van der Waals surface area contributed by atoms with Crippen LogP contribution in [0.4, 0.5) is 0 Å². The predicted molar refractivity (Wildman–Crippen MR) is 60.0 cm³/mol. The average molecular weight is 244 g/mol. The quantitative estimate of drug-likeness (QED) is 0.485. The topological polar surface area (TPSA) is 60.4 Å². The molecule has 1 aromatic rings. The van der Waals surface area contributed by atoms with Crippen molar-refractivity contribution in [1.29, 1.82) is 0 Å². The SMILES string of the molecule is CCCCCc1cccc(CC(=O)[O-])c1O.[Na+]. The molecule has 0 heterocycles. The summed E-state index contributed by atoms with van der Waals surface area (Å²) in [5.74, 6) is -1.05. The van der Waals surface area contributed by atoms with Crippen LogP contribution in [0, 0.1) is 0 Å². The number of para-hydroxylation sites is 1. The van der Waals surface area contributed by atoms with Crippen molar-refractivity contribution in [3.05, 3.63) is 29.3 Å². The number of hydrogen-bond donors (Lipinski definition) is 1. The fourth-order valence-electron chi connectivity index (χ4n) is 1.71. The second kappa shape index (κ2) is 8.56. The van der Waals surface area contributed by atoms with Crippen LogP contribution >= 0.6 is 0 Å². The zero-order valence-electron chi connectivity index (χ0n) is 10.5. The van der Waals surface area contributed by atoms with Crippen molar-refractivity contribution in [3.8, 4) is 5.75 Å². The zero-order chi connectivity index (χ0) is 12.0. The minimum Gasteiger partial charge on any atom is -0.550 e. The monoisotopic (exact) mass is 244 g/mol. The third-order valence-corrected chi connectivity index (χ3v) is 2.59. The summed E-state index contributed by atoms with van der Waals surface area (Å²) in [4.78, 5) is 10.5. The van der Waals surface area contributed by atoms with Crippen molar-refractivity contribution in [3.63, 3.8) is 0 Å². The van der Waals surface area contributed by atoms with Crippen molar-refractivity contribution in [2.75, 3.05) is 0 Å². The van der Waals surface area contributed by atoms with E-state index in [1.807, 2.05) is 6.07 Å². The van der Waals surface area contributed by atoms with Gasteiger partial charge in [-0.2, -0.15) is 0 Å². The molecule has 0 radical (unpaired) electrons. The number of phenolic OH excluding ortho intramolecular Hbond substituents is 1. The molecule has 0 aromatic heterocycles. The fraction of sp³-hybridized carbons (Fsp3) is 0.462. The summed E-state index contributed by atoms with van der Waals surface area (Å²) >= 11 is 0. The summed E-state index contributed by atoms with van der Waals surface area (Å²) in [5, 5.41) is 20.3. The molecule has 0 spiro atoms. The largest absolute Gasteiger partial charge is 1.00 e. The van der Waals surface area contributed by atoms with Gasteiger partial charge in [0.2, 0.25) is 0 Å². The Morgan fingerprint density at radius 3 is 2.53 bits per heavy atom. The first-order valence-corrected chi connectivity index (χ1v) is 5.64. The van der Waals surface area contributed by atoms with Crippen LogP contribution < -0.4 is 34.7 Å². The van der Waals surface area contributed by atoms with E-state index in [4.69, 9.17) is 0 Å². The van der Waals surface area contributed by atoms with Crippen molar-refractivity contribution < 1.29 is 44.6 Å². The Morgan fingerprint density at radius 1 is 1.29 bits per heavy atom. The summed E-state index contributed by atoms with van der Waals surface area (Å²) in [5.41, 5.74) is 1.26. The molecule has 0 atom stereocenters. The van der Waals surface area contributed by atoms with Gasteiger partial charge in [0, 0.05) is 12.4 Å². The summed E-state index contributed by atoms with van der Waals surface area (Å²) < 4.78 is 0. The molecular weight excluding hydrogens is 227 g/mol. The molecule has 1 N–H and O–H groups in total. The molecule has 0 aliphatic rings. The normalized spacial score (nSPS) is 9.71. The van der Waals surface area contributed by atoms with Crippen LogP contribution in [-0.4, -0.2) is 11.1 Å². The summed E-state index contributed by atoms with van der Waals surface area (Å²) in [6, 6.07) is 5.23. The van der Waals surface area contributed by atoms with E-state index in [1.165, 1.54) is 0 Å². The first-order valence-electron chi connectivity index (χ1n) is 5.64. The van der Waals surface area contributed by atoms with Gasteiger partial charge in [0.1, 0.15) is 5.75 Å². The van der Waals surface area contributed by atoms with Gasteiger partial charge in [-0.15, -0.1) is 0 Å². The van der Waals surface area contributed by atoms with E-state index in [-0.39, 0.29) is 41.7 Å². The van der Waals surface area contributed by atoms with Crippen LogP contribution in [0.2, 0.25) is 0 Å². The molecule has 0 saturated carbocycles. The van der Waals surface area contributed by atoms with Gasteiger partial charge in [0.15, 0.2) is 0 Å². The molecule has 3 nitrogen and oxygen atoms in total. The molecule has 17 heavy (non-hydrogen) atoms. The Balaban J connectivity index is 0.00000256. The van der Waals surface area contributed by atoms with Crippen LogP contribution in [-0.2, 0) is 17.6 Å². The molecule has 1 aromatic carbocycles. The predicted octanol–water partition coefficient (Wildman–Crippen LogP) is -1.58. The number of carboxylic acids is 1. The molecule has 0 fully saturated rings. The Bertz CT molecular complexity index is 364. The van der Waals surface area contributed by atoms with Crippen molar-refractivity contribution in [2.24, 2.45) is 0 Å². The number of hydrogen-bond acceptors (Lipinski definition) is 3. The number of aryl methyl sites for hydroxylation is 1. The molecule has 1 rings (SSSR count). The number of benzene rings is 1. The maximum atomic E-state index is 10.5. The van der Waals surface area contributed by atoms with Gasteiger partial charge in [-0.3, -0.25) is 0 Å². The number of carbonyl (C=O) groups excluding carboxylic acids is 1. The Morgan fingerprint density at radius 2 is 1.94 bits per heavy atom. The van der Waals surface area contributed by atoms with Gasteiger partial charge >= 0.3 is 29.6 Å². The molecule has 4 heteroatoms. The van der Waals surface area contributed by atoms with Gasteiger partial charge in [0.05, 0.1) is 0 Å². The number of aliphatic carboxylic acids is 1. The number of phenols is 1. The third kappa shape index (κ3) is 5.57. The Kier molecular flexibility index (Phi) is 8.30. The van der Waals surface area contributed by atoms with Gasteiger partial charge < -0.3 is 15.0 Å².